The van der Waals surface area contributed by atoms with E-state index in [0.29, 0.717) is 24.3 Å². The van der Waals surface area contributed by atoms with E-state index in [4.69, 9.17) is 0 Å². The van der Waals surface area contributed by atoms with E-state index in [0.717, 1.165) is 32.1 Å². The first-order valence-electron chi connectivity index (χ1n) is 8.92. The topological polar surface area (TPSA) is 72.7 Å². The molecule has 0 saturated heterocycles. The average molecular weight is 340 g/mol. The number of aryl methyl sites for hydroxylation is 3. The zero-order valence-electron chi connectivity index (χ0n) is 14.6. The van der Waals surface area contributed by atoms with Gasteiger partial charge in [0.2, 0.25) is 0 Å². The SMILES string of the molecule is CCCCCCn1c(=O)[nH]c(=O)c2c1ncn2CCc1ccccc1. The second kappa shape index (κ2) is 7.96. The van der Waals surface area contributed by atoms with Crippen molar-refractivity contribution in [3.05, 3.63) is 63.1 Å². The van der Waals surface area contributed by atoms with Crippen LogP contribution in [0.15, 0.2) is 46.2 Å². The molecule has 0 radical (unpaired) electrons. The van der Waals surface area contributed by atoms with Crippen molar-refractivity contribution < 1.29 is 0 Å². The maximum absolute atomic E-state index is 12.3. The molecule has 3 rings (SSSR count). The van der Waals surface area contributed by atoms with E-state index < -0.39 is 0 Å². The molecule has 3 aromatic rings. The number of aromatic amines is 1. The summed E-state index contributed by atoms with van der Waals surface area (Å²) in [5, 5.41) is 0. The molecule has 1 N–H and O–H groups in total. The van der Waals surface area contributed by atoms with E-state index in [2.05, 4.69) is 29.0 Å². The molecule has 6 nitrogen and oxygen atoms in total. The summed E-state index contributed by atoms with van der Waals surface area (Å²) in [5.74, 6) is 0. The molecular formula is C19H24N4O2. The highest BCUT2D eigenvalue weighted by Gasteiger charge is 2.13. The number of hydrogen-bond donors (Lipinski definition) is 1. The molecule has 0 saturated carbocycles. The summed E-state index contributed by atoms with van der Waals surface area (Å²) in [6.45, 7) is 3.39. The second-order valence-electron chi connectivity index (χ2n) is 6.32. The standard InChI is InChI=1S/C19H24N4O2/c1-2-3-4-8-12-23-17-16(18(24)21-19(23)25)22(14-20-17)13-11-15-9-6-5-7-10-15/h5-7,9-10,14H,2-4,8,11-13H2,1H3,(H,21,24,25). The maximum atomic E-state index is 12.3. The summed E-state index contributed by atoms with van der Waals surface area (Å²) in [5.41, 5.74) is 1.43. The Kier molecular flexibility index (Phi) is 5.48. The van der Waals surface area contributed by atoms with Crippen LogP contribution in [0, 0.1) is 0 Å². The van der Waals surface area contributed by atoms with Crippen molar-refractivity contribution in [3.8, 4) is 0 Å². The van der Waals surface area contributed by atoms with Crippen molar-refractivity contribution in [3.63, 3.8) is 0 Å². The first-order chi connectivity index (χ1) is 12.2. The number of unbranched alkanes of at least 4 members (excludes halogenated alkanes) is 3. The van der Waals surface area contributed by atoms with Crippen LogP contribution in [0.3, 0.4) is 0 Å². The molecule has 132 valence electrons. The summed E-state index contributed by atoms with van der Waals surface area (Å²) < 4.78 is 3.43. The van der Waals surface area contributed by atoms with Crippen LogP contribution < -0.4 is 11.2 Å². The summed E-state index contributed by atoms with van der Waals surface area (Å²) in [6.07, 6.45) is 6.73. The molecule has 0 amide bonds. The van der Waals surface area contributed by atoms with Gasteiger partial charge in [0.1, 0.15) is 0 Å². The fourth-order valence-electron chi connectivity index (χ4n) is 3.09. The van der Waals surface area contributed by atoms with Crippen molar-refractivity contribution in [1.29, 1.82) is 0 Å². The highest BCUT2D eigenvalue weighted by molar-refractivity contribution is 5.69. The lowest BCUT2D eigenvalue weighted by molar-refractivity contribution is 0.571. The van der Waals surface area contributed by atoms with Gasteiger partial charge in [-0.25, -0.2) is 9.78 Å². The molecule has 0 aliphatic heterocycles. The Morgan fingerprint density at radius 1 is 1.04 bits per heavy atom. The lowest BCUT2D eigenvalue weighted by Crippen LogP contribution is -2.31. The van der Waals surface area contributed by atoms with E-state index >= 15 is 0 Å². The molecule has 1 aromatic carbocycles. The van der Waals surface area contributed by atoms with Gasteiger partial charge in [-0.05, 0) is 18.4 Å². The van der Waals surface area contributed by atoms with E-state index in [1.807, 2.05) is 22.8 Å². The molecule has 0 spiro atoms. The molecule has 0 fully saturated rings. The van der Waals surface area contributed by atoms with E-state index in [9.17, 15) is 9.59 Å². The van der Waals surface area contributed by atoms with Crippen LogP contribution >= 0.6 is 0 Å². The van der Waals surface area contributed by atoms with Crippen LogP contribution in [0.4, 0.5) is 0 Å². The zero-order chi connectivity index (χ0) is 17.6. The highest BCUT2D eigenvalue weighted by Crippen LogP contribution is 2.10. The van der Waals surface area contributed by atoms with Crippen molar-refractivity contribution in [2.24, 2.45) is 0 Å². The predicted molar refractivity (Wildman–Crippen MR) is 98.9 cm³/mol. The van der Waals surface area contributed by atoms with Crippen LogP contribution in [0.2, 0.25) is 0 Å². The Labute approximate surface area is 146 Å². The molecule has 0 unspecified atom stereocenters. The molecule has 2 heterocycles. The first kappa shape index (κ1) is 17.2. The third kappa shape index (κ3) is 3.90. The van der Waals surface area contributed by atoms with Gasteiger partial charge < -0.3 is 4.57 Å². The highest BCUT2D eigenvalue weighted by atomic mass is 16.2. The van der Waals surface area contributed by atoms with Crippen LogP contribution in [-0.2, 0) is 19.5 Å². The van der Waals surface area contributed by atoms with E-state index in [1.54, 1.807) is 10.9 Å². The van der Waals surface area contributed by atoms with Crippen molar-refractivity contribution in [1.82, 2.24) is 19.1 Å². The molecule has 0 atom stereocenters. The quantitative estimate of drug-likeness (QED) is 0.641. The second-order valence-corrected chi connectivity index (χ2v) is 6.32. The fourth-order valence-corrected chi connectivity index (χ4v) is 3.09. The number of H-pyrrole nitrogens is 1. The normalized spacial score (nSPS) is 11.2. The zero-order valence-corrected chi connectivity index (χ0v) is 14.6. The molecule has 2 aromatic heterocycles. The lowest BCUT2D eigenvalue weighted by atomic mass is 10.1. The lowest BCUT2D eigenvalue weighted by Gasteiger charge is -2.07. The maximum Gasteiger partial charge on any atom is 0.330 e. The van der Waals surface area contributed by atoms with Crippen LogP contribution in [0.5, 0.6) is 0 Å². The summed E-state index contributed by atoms with van der Waals surface area (Å²) in [4.78, 5) is 31.3. The first-order valence-corrected chi connectivity index (χ1v) is 8.92. The van der Waals surface area contributed by atoms with E-state index in [-0.39, 0.29) is 11.2 Å². The number of rotatable bonds is 8. The van der Waals surface area contributed by atoms with Crippen LogP contribution in [-0.4, -0.2) is 19.1 Å². The third-order valence-corrected chi connectivity index (χ3v) is 4.47. The smallest absolute Gasteiger partial charge is 0.324 e. The molecule has 25 heavy (non-hydrogen) atoms. The molecule has 0 bridgehead atoms. The molecular weight excluding hydrogens is 316 g/mol. The van der Waals surface area contributed by atoms with E-state index in [1.165, 1.54) is 5.56 Å². The van der Waals surface area contributed by atoms with Gasteiger partial charge in [-0.2, -0.15) is 0 Å². The molecule has 6 heteroatoms. The number of nitrogens with zero attached hydrogens (tertiary/aromatic N) is 3. The average Bonchev–Trinajstić information content (AvgIpc) is 3.04. The number of aromatic nitrogens is 4. The molecule has 0 aliphatic rings. The largest absolute Gasteiger partial charge is 0.330 e. The van der Waals surface area contributed by atoms with Crippen LogP contribution in [0.1, 0.15) is 38.2 Å². The number of hydrogen-bond acceptors (Lipinski definition) is 3. The van der Waals surface area contributed by atoms with Gasteiger partial charge in [-0.3, -0.25) is 14.3 Å². The minimum atomic E-state index is -0.373. The summed E-state index contributed by atoms with van der Waals surface area (Å²) in [7, 11) is 0. The van der Waals surface area contributed by atoms with Crippen molar-refractivity contribution in [2.75, 3.05) is 0 Å². The van der Waals surface area contributed by atoms with Gasteiger partial charge in [-0.1, -0.05) is 56.5 Å². The minimum absolute atomic E-state index is 0.365. The summed E-state index contributed by atoms with van der Waals surface area (Å²) in [6, 6.07) is 10.1. The fraction of sp³-hybridized carbons (Fsp3) is 0.421. The van der Waals surface area contributed by atoms with Gasteiger partial charge in [0, 0.05) is 13.1 Å². The minimum Gasteiger partial charge on any atom is -0.324 e. The third-order valence-electron chi connectivity index (χ3n) is 4.47. The number of benzene rings is 1. The Hall–Kier alpha value is -2.63. The number of nitrogens with one attached hydrogen (secondary N) is 1. The van der Waals surface area contributed by atoms with Gasteiger partial charge >= 0.3 is 5.69 Å². The van der Waals surface area contributed by atoms with Gasteiger partial charge in [0.25, 0.3) is 5.56 Å². The van der Waals surface area contributed by atoms with Gasteiger partial charge in [-0.15, -0.1) is 0 Å². The Morgan fingerprint density at radius 3 is 2.60 bits per heavy atom. The monoisotopic (exact) mass is 340 g/mol. The number of imidazole rings is 1. The van der Waals surface area contributed by atoms with Crippen LogP contribution in [0.25, 0.3) is 11.2 Å². The van der Waals surface area contributed by atoms with Crippen molar-refractivity contribution >= 4 is 11.2 Å². The number of fused-ring (bicyclic) bond motifs is 1. The van der Waals surface area contributed by atoms with Gasteiger partial charge in [0.15, 0.2) is 11.2 Å². The summed E-state index contributed by atoms with van der Waals surface area (Å²) >= 11 is 0. The predicted octanol–water partition coefficient (Wildman–Crippen LogP) is 2.71. The molecule has 0 aliphatic carbocycles. The Morgan fingerprint density at radius 2 is 1.84 bits per heavy atom. The Bertz CT molecular complexity index is 937. The van der Waals surface area contributed by atoms with Gasteiger partial charge in [0.05, 0.1) is 6.33 Å². The Balaban J connectivity index is 1.86. The van der Waals surface area contributed by atoms with Crippen molar-refractivity contribution in [2.45, 2.75) is 52.1 Å².